The van der Waals surface area contributed by atoms with E-state index in [9.17, 15) is 4.79 Å². The summed E-state index contributed by atoms with van der Waals surface area (Å²) >= 11 is 0. The fraction of sp³-hybridized carbons (Fsp3) is 0.429. The second kappa shape index (κ2) is 6.12. The van der Waals surface area contributed by atoms with E-state index >= 15 is 0 Å². The first-order valence-corrected chi connectivity index (χ1v) is 5.83. The van der Waals surface area contributed by atoms with Crippen molar-refractivity contribution in [1.29, 1.82) is 0 Å². The molecule has 0 aliphatic carbocycles. The molecule has 0 amide bonds. The molecule has 1 unspecified atom stereocenters. The van der Waals surface area contributed by atoms with Gasteiger partial charge in [-0.25, -0.2) is 0 Å². The number of carbonyl (C=O) groups is 1. The third-order valence-electron chi connectivity index (χ3n) is 2.99. The van der Waals surface area contributed by atoms with Crippen LogP contribution in [-0.4, -0.2) is 16.3 Å². The molecule has 1 rings (SSSR count). The number of nitrogens with zero attached hydrogens (tertiary/aromatic N) is 2. The minimum atomic E-state index is -0.102. The Bertz CT molecular complexity index is 431. The van der Waals surface area contributed by atoms with Crippen molar-refractivity contribution in [2.45, 2.75) is 33.1 Å². The summed E-state index contributed by atoms with van der Waals surface area (Å²) in [5, 5.41) is 0. The molecule has 0 saturated heterocycles. The Hall–Kier alpha value is -1.73. The molecule has 0 aliphatic heterocycles. The number of rotatable bonds is 5. The average molecular weight is 230 g/mol. The fourth-order valence-electron chi connectivity index (χ4n) is 1.84. The summed E-state index contributed by atoms with van der Waals surface area (Å²) in [6, 6.07) is 9.97. The van der Waals surface area contributed by atoms with Crippen LogP contribution < -0.4 is 0 Å². The lowest BCUT2D eigenvalue weighted by molar-refractivity contribution is -0.117. The largest absolute Gasteiger partial charge is 0.361 e. The van der Waals surface area contributed by atoms with Crippen LogP contribution in [0.4, 0.5) is 0 Å². The quantitative estimate of drug-likeness (QED) is 0.435. The van der Waals surface area contributed by atoms with E-state index in [1.165, 1.54) is 6.92 Å². The standard InChI is InChI=1S/C14H18N2O/c1-10(2)13(9-14(17)11(3)16-15)12-7-5-4-6-8-12/h4-8,10,13H,9H2,1-3H3. The van der Waals surface area contributed by atoms with Gasteiger partial charge in [0, 0.05) is 13.3 Å². The van der Waals surface area contributed by atoms with Crippen LogP contribution in [0, 0.1) is 5.92 Å². The van der Waals surface area contributed by atoms with Gasteiger partial charge in [0.25, 0.3) is 0 Å². The van der Waals surface area contributed by atoms with Gasteiger partial charge in [-0.2, -0.15) is 4.79 Å². The zero-order chi connectivity index (χ0) is 12.8. The highest BCUT2D eigenvalue weighted by atomic mass is 16.1. The van der Waals surface area contributed by atoms with Crippen molar-refractivity contribution in [3.8, 4) is 0 Å². The minimum Gasteiger partial charge on any atom is -0.361 e. The van der Waals surface area contributed by atoms with E-state index in [0.717, 1.165) is 5.56 Å². The third-order valence-corrected chi connectivity index (χ3v) is 2.99. The maximum absolute atomic E-state index is 11.8. The van der Waals surface area contributed by atoms with Crippen molar-refractivity contribution in [1.82, 2.24) is 0 Å². The molecule has 0 fully saturated rings. The lowest BCUT2D eigenvalue weighted by atomic mass is 9.84. The monoisotopic (exact) mass is 230 g/mol. The molecule has 0 aromatic heterocycles. The fourth-order valence-corrected chi connectivity index (χ4v) is 1.84. The van der Waals surface area contributed by atoms with E-state index in [0.29, 0.717) is 12.3 Å². The van der Waals surface area contributed by atoms with Gasteiger partial charge in [-0.3, -0.25) is 4.79 Å². The zero-order valence-corrected chi connectivity index (χ0v) is 10.6. The summed E-state index contributed by atoms with van der Waals surface area (Å²) in [5.74, 6) is 0.434. The van der Waals surface area contributed by atoms with Gasteiger partial charge >= 0.3 is 5.71 Å². The molecule has 0 saturated carbocycles. The molecule has 17 heavy (non-hydrogen) atoms. The summed E-state index contributed by atoms with van der Waals surface area (Å²) < 4.78 is 0. The van der Waals surface area contributed by atoms with Crippen molar-refractivity contribution in [2.24, 2.45) is 5.92 Å². The number of hydrogen-bond donors (Lipinski definition) is 0. The van der Waals surface area contributed by atoms with Gasteiger partial charge in [0.15, 0.2) is 0 Å². The van der Waals surface area contributed by atoms with Crippen molar-refractivity contribution in [3.05, 3.63) is 41.4 Å². The summed E-state index contributed by atoms with van der Waals surface area (Å²) in [4.78, 5) is 14.7. The molecule has 0 radical (unpaired) electrons. The Morgan fingerprint density at radius 1 is 1.29 bits per heavy atom. The van der Waals surface area contributed by atoms with E-state index in [-0.39, 0.29) is 17.4 Å². The zero-order valence-electron chi connectivity index (χ0n) is 10.6. The first kappa shape index (κ1) is 13.3. The van der Waals surface area contributed by atoms with Crippen LogP contribution in [0.5, 0.6) is 0 Å². The highest BCUT2D eigenvalue weighted by Gasteiger charge is 2.23. The topological polar surface area (TPSA) is 53.5 Å². The van der Waals surface area contributed by atoms with Crippen LogP contribution >= 0.6 is 0 Å². The van der Waals surface area contributed by atoms with Crippen LogP contribution in [-0.2, 0) is 4.79 Å². The van der Waals surface area contributed by atoms with Crippen LogP contribution in [0.15, 0.2) is 30.3 Å². The van der Waals surface area contributed by atoms with Gasteiger partial charge in [-0.05, 0) is 17.4 Å². The van der Waals surface area contributed by atoms with Crippen LogP contribution in [0.3, 0.4) is 0 Å². The Morgan fingerprint density at radius 3 is 2.35 bits per heavy atom. The highest BCUT2D eigenvalue weighted by Crippen LogP contribution is 2.27. The normalized spacial score (nSPS) is 12.0. The lowest BCUT2D eigenvalue weighted by Gasteiger charge is -2.19. The molecule has 0 aliphatic rings. The van der Waals surface area contributed by atoms with Gasteiger partial charge in [0.1, 0.15) is 0 Å². The smallest absolute Gasteiger partial charge is 0.331 e. The minimum absolute atomic E-state index is 0.102. The molecule has 3 nitrogen and oxygen atoms in total. The van der Waals surface area contributed by atoms with E-state index in [1.807, 2.05) is 30.3 Å². The molecule has 0 N–H and O–H groups in total. The number of hydrogen-bond acceptors (Lipinski definition) is 1. The molecule has 90 valence electrons. The summed E-state index contributed by atoms with van der Waals surface area (Å²) in [6.07, 6.45) is 0.386. The SMILES string of the molecule is CC(=[N+]=[N-])C(=O)CC(c1ccccc1)C(C)C. The van der Waals surface area contributed by atoms with Gasteiger partial charge in [-0.1, -0.05) is 44.2 Å². The number of carbonyl (C=O) groups excluding carboxylic acids is 1. The summed E-state index contributed by atoms with van der Waals surface area (Å²) in [5.41, 5.74) is 9.92. The summed E-state index contributed by atoms with van der Waals surface area (Å²) in [6.45, 7) is 5.72. The Labute approximate surface area is 102 Å². The van der Waals surface area contributed by atoms with E-state index in [2.05, 4.69) is 18.6 Å². The average Bonchev–Trinajstić information content (AvgIpc) is 2.35. The molecule has 1 aromatic rings. The highest BCUT2D eigenvalue weighted by molar-refractivity contribution is 6.36. The number of ketones is 1. The maximum Gasteiger partial charge on any atom is 0.331 e. The molecule has 0 spiro atoms. The van der Waals surface area contributed by atoms with Crippen LogP contribution in [0.2, 0.25) is 0 Å². The maximum atomic E-state index is 11.8. The van der Waals surface area contributed by atoms with E-state index < -0.39 is 0 Å². The first-order valence-electron chi connectivity index (χ1n) is 5.83. The lowest BCUT2D eigenvalue weighted by Crippen LogP contribution is -2.18. The van der Waals surface area contributed by atoms with Gasteiger partial charge in [0.2, 0.25) is 5.78 Å². The van der Waals surface area contributed by atoms with Gasteiger partial charge in [-0.15, -0.1) is 0 Å². The second-order valence-corrected chi connectivity index (χ2v) is 4.57. The third kappa shape index (κ3) is 3.65. The predicted molar refractivity (Wildman–Crippen MR) is 67.9 cm³/mol. The Balaban J connectivity index is 2.89. The van der Waals surface area contributed by atoms with E-state index in [1.54, 1.807) is 0 Å². The number of benzene rings is 1. The van der Waals surface area contributed by atoms with Crippen molar-refractivity contribution >= 4 is 11.5 Å². The van der Waals surface area contributed by atoms with Crippen molar-refractivity contribution < 1.29 is 9.58 Å². The molecule has 0 heterocycles. The molecular weight excluding hydrogens is 212 g/mol. The second-order valence-electron chi connectivity index (χ2n) is 4.57. The van der Waals surface area contributed by atoms with Crippen molar-refractivity contribution in [3.63, 3.8) is 0 Å². The molecule has 0 bridgehead atoms. The predicted octanol–water partition coefficient (Wildman–Crippen LogP) is 3.08. The first-order chi connectivity index (χ1) is 8.06. The van der Waals surface area contributed by atoms with Crippen molar-refractivity contribution in [2.75, 3.05) is 0 Å². The Kier molecular flexibility index (Phi) is 4.80. The van der Waals surface area contributed by atoms with Gasteiger partial charge < -0.3 is 5.53 Å². The molecule has 1 aromatic carbocycles. The van der Waals surface area contributed by atoms with Gasteiger partial charge in [0.05, 0.1) is 0 Å². The van der Waals surface area contributed by atoms with Crippen LogP contribution in [0.25, 0.3) is 5.53 Å². The molecule has 1 atom stereocenters. The number of Topliss-reactive ketones (excluding diaryl/α,β-unsaturated/α-hetero) is 1. The summed E-state index contributed by atoms with van der Waals surface area (Å²) in [7, 11) is 0. The Morgan fingerprint density at radius 2 is 1.88 bits per heavy atom. The molecule has 3 heteroatoms. The van der Waals surface area contributed by atoms with Crippen LogP contribution in [0.1, 0.15) is 38.7 Å². The molecular formula is C14H18N2O. The van der Waals surface area contributed by atoms with E-state index in [4.69, 9.17) is 5.53 Å².